The molecular weight excluding hydrogens is 432 g/mol. The molecule has 7 heteroatoms. The highest BCUT2D eigenvalue weighted by Crippen LogP contribution is 2.45. The number of aliphatic carboxylic acids is 1. The Balaban J connectivity index is 2.37. The highest BCUT2D eigenvalue weighted by Gasteiger charge is 2.41. The molecule has 1 aliphatic carbocycles. The van der Waals surface area contributed by atoms with Gasteiger partial charge in [-0.05, 0) is 43.6 Å². The van der Waals surface area contributed by atoms with E-state index in [0.717, 1.165) is 12.0 Å². The third-order valence-corrected chi connectivity index (χ3v) is 7.30. The van der Waals surface area contributed by atoms with Crippen LogP contribution in [0.3, 0.4) is 0 Å². The zero-order chi connectivity index (χ0) is 24.2. The number of Topliss-reactive ketones (excluding diaryl/α,β-unsaturated/α-hetero) is 1. The Hall–Kier alpha value is -2.60. The number of hydrogen-bond acceptors (Lipinski definition) is 5. The second-order valence-corrected chi connectivity index (χ2v) is 9.17. The van der Waals surface area contributed by atoms with Crippen LogP contribution in [-0.4, -0.2) is 34.9 Å². The van der Waals surface area contributed by atoms with Crippen LogP contribution in [0.15, 0.2) is 23.8 Å². The van der Waals surface area contributed by atoms with Gasteiger partial charge in [0.25, 0.3) is 0 Å². The van der Waals surface area contributed by atoms with Crippen LogP contribution in [0, 0.1) is 24.2 Å². The fraction of sp³-hybridized carbons (Fsp3) is 0.480. The molecule has 1 aromatic rings. The number of carbonyl (C=O) groups excluding carboxylic acids is 2. The zero-order valence-corrected chi connectivity index (χ0v) is 20.0. The van der Waals surface area contributed by atoms with E-state index >= 15 is 0 Å². The number of aldehydes is 1. The van der Waals surface area contributed by atoms with Gasteiger partial charge in [-0.1, -0.05) is 56.2 Å². The van der Waals surface area contributed by atoms with Crippen LogP contribution in [0.2, 0.25) is 5.02 Å². The van der Waals surface area contributed by atoms with Crippen molar-refractivity contribution < 1.29 is 29.3 Å². The molecule has 174 valence electrons. The van der Waals surface area contributed by atoms with Crippen molar-refractivity contribution in [3.63, 3.8) is 0 Å². The molecule has 2 rings (SSSR count). The molecule has 1 aromatic carbocycles. The van der Waals surface area contributed by atoms with E-state index in [1.807, 2.05) is 26.0 Å². The maximum atomic E-state index is 12.2. The first-order chi connectivity index (χ1) is 14.9. The minimum Gasteiger partial charge on any atom is -0.507 e. The third-order valence-electron chi connectivity index (χ3n) is 6.84. The van der Waals surface area contributed by atoms with Crippen molar-refractivity contribution >= 4 is 29.6 Å². The molecule has 0 unspecified atom stereocenters. The number of aromatic hydroxyl groups is 1. The number of phenolic OH excluding ortho intramolecular Hbond substituents is 1. The van der Waals surface area contributed by atoms with Gasteiger partial charge in [0.2, 0.25) is 0 Å². The van der Waals surface area contributed by atoms with Crippen LogP contribution < -0.4 is 4.74 Å². The van der Waals surface area contributed by atoms with Crippen molar-refractivity contribution in [3.8, 4) is 11.5 Å². The summed E-state index contributed by atoms with van der Waals surface area (Å²) in [6, 6.07) is 0. The van der Waals surface area contributed by atoms with Crippen molar-refractivity contribution in [1.29, 1.82) is 0 Å². The molecule has 0 saturated heterocycles. The minimum absolute atomic E-state index is 0.0464. The molecule has 32 heavy (non-hydrogen) atoms. The number of allylic oxidation sites excluding steroid dienone is 4. The third kappa shape index (κ3) is 5.23. The molecule has 2 N–H and O–H groups in total. The lowest BCUT2D eigenvalue weighted by Crippen LogP contribution is -2.40. The van der Waals surface area contributed by atoms with Gasteiger partial charge in [0, 0.05) is 17.9 Å². The summed E-state index contributed by atoms with van der Waals surface area (Å²) in [7, 11) is 0. The topological polar surface area (TPSA) is 101 Å². The minimum atomic E-state index is -1.18. The van der Waals surface area contributed by atoms with Crippen molar-refractivity contribution in [2.75, 3.05) is 6.61 Å². The summed E-state index contributed by atoms with van der Waals surface area (Å²) in [5, 5.41) is 19.7. The van der Waals surface area contributed by atoms with E-state index in [2.05, 4.69) is 19.9 Å². The summed E-state index contributed by atoms with van der Waals surface area (Å²) in [6.45, 7) is 9.05. The number of hydrogen-bond donors (Lipinski definition) is 2. The smallest absolute Gasteiger partial charge is 0.341 e. The number of carbonyl (C=O) groups is 3. The van der Waals surface area contributed by atoms with E-state index in [1.54, 1.807) is 6.92 Å². The highest BCUT2D eigenvalue weighted by molar-refractivity contribution is 6.33. The number of benzene rings is 1. The fourth-order valence-electron chi connectivity index (χ4n) is 4.10. The van der Waals surface area contributed by atoms with Gasteiger partial charge >= 0.3 is 5.97 Å². The Morgan fingerprint density at radius 3 is 2.59 bits per heavy atom. The van der Waals surface area contributed by atoms with Crippen molar-refractivity contribution in [3.05, 3.63) is 45.5 Å². The Labute approximate surface area is 193 Å². The van der Waals surface area contributed by atoms with Crippen molar-refractivity contribution in [1.82, 2.24) is 0 Å². The normalized spacial score (nSPS) is 24.1. The molecule has 0 amide bonds. The first-order valence-corrected chi connectivity index (χ1v) is 11.0. The van der Waals surface area contributed by atoms with Crippen LogP contribution >= 0.6 is 11.6 Å². The molecule has 0 spiro atoms. The van der Waals surface area contributed by atoms with E-state index in [4.69, 9.17) is 21.4 Å². The van der Waals surface area contributed by atoms with Gasteiger partial charge in [-0.2, -0.15) is 0 Å². The van der Waals surface area contributed by atoms with Gasteiger partial charge in [0.1, 0.15) is 17.3 Å². The van der Waals surface area contributed by atoms with E-state index < -0.39 is 12.6 Å². The fourth-order valence-corrected chi connectivity index (χ4v) is 4.37. The summed E-state index contributed by atoms with van der Waals surface area (Å²) in [5.41, 5.74) is 1.25. The van der Waals surface area contributed by atoms with E-state index in [9.17, 15) is 19.5 Å². The molecular formula is C25H31ClO6. The van der Waals surface area contributed by atoms with Gasteiger partial charge in [0.15, 0.2) is 12.9 Å². The second-order valence-electron chi connectivity index (χ2n) is 8.79. The van der Waals surface area contributed by atoms with E-state index in [0.29, 0.717) is 24.2 Å². The first kappa shape index (κ1) is 25.7. The molecule has 0 bridgehead atoms. The molecule has 1 aliphatic rings. The predicted octanol–water partition coefficient (Wildman–Crippen LogP) is 5.32. The average Bonchev–Trinajstić information content (AvgIpc) is 2.74. The summed E-state index contributed by atoms with van der Waals surface area (Å²) in [5.74, 6) is -0.835. The van der Waals surface area contributed by atoms with Gasteiger partial charge < -0.3 is 14.9 Å². The van der Waals surface area contributed by atoms with Gasteiger partial charge in [0.05, 0.1) is 10.6 Å². The number of phenols is 1. The molecule has 0 heterocycles. The molecule has 6 nitrogen and oxygen atoms in total. The summed E-state index contributed by atoms with van der Waals surface area (Å²) in [4.78, 5) is 34.7. The monoisotopic (exact) mass is 462 g/mol. The van der Waals surface area contributed by atoms with Crippen molar-refractivity contribution in [2.24, 2.45) is 17.3 Å². The summed E-state index contributed by atoms with van der Waals surface area (Å²) in [6.07, 6.45) is 8.04. The number of carboxylic acid groups (broad SMARTS) is 1. The number of ketones is 1. The lowest BCUT2D eigenvalue weighted by Gasteiger charge is -2.42. The standard InChI is InChI=1S/C25H31ClO6/c1-14(10-11-25(5)15(2)7-9-20(28)17(25)4)6-8-18-23(31)19(12-27)16(3)22(26)24(18)32-13-21(29)30/h6,10-12,15,17,31H,7-9,13H2,1-5H3,(H,29,30)/b11-10+,14-6+/t15-,17+,25+/m1/s1. The molecule has 0 radical (unpaired) electrons. The highest BCUT2D eigenvalue weighted by atomic mass is 35.5. The average molecular weight is 463 g/mol. The number of halogens is 1. The Morgan fingerprint density at radius 1 is 1.34 bits per heavy atom. The predicted molar refractivity (Wildman–Crippen MR) is 124 cm³/mol. The van der Waals surface area contributed by atoms with Crippen LogP contribution in [0.4, 0.5) is 0 Å². The lowest BCUT2D eigenvalue weighted by molar-refractivity contribution is -0.139. The van der Waals surface area contributed by atoms with Crippen LogP contribution in [-0.2, 0) is 16.0 Å². The largest absolute Gasteiger partial charge is 0.507 e. The van der Waals surface area contributed by atoms with E-state index in [-0.39, 0.29) is 51.2 Å². The zero-order valence-electron chi connectivity index (χ0n) is 19.2. The molecule has 1 fully saturated rings. The van der Waals surface area contributed by atoms with Gasteiger partial charge in [-0.25, -0.2) is 4.79 Å². The molecule has 0 aliphatic heterocycles. The lowest BCUT2D eigenvalue weighted by atomic mass is 9.61. The number of rotatable bonds is 8. The summed E-state index contributed by atoms with van der Waals surface area (Å²) >= 11 is 6.33. The van der Waals surface area contributed by atoms with Crippen LogP contribution in [0.1, 0.15) is 62.0 Å². The van der Waals surface area contributed by atoms with Gasteiger partial charge in [-0.15, -0.1) is 0 Å². The van der Waals surface area contributed by atoms with Crippen LogP contribution in [0.5, 0.6) is 11.5 Å². The SMILES string of the molecule is CC(/C=C/[C@@]1(C)[C@H](C)CCC(=O)[C@@H]1C)=C\Cc1c(O)c(C=O)c(C)c(Cl)c1OCC(=O)O. The molecule has 3 atom stereocenters. The quantitative estimate of drug-likeness (QED) is 0.400. The first-order valence-electron chi connectivity index (χ1n) is 10.7. The van der Waals surface area contributed by atoms with E-state index in [1.165, 1.54) is 0 Å². The Morgan fingerprint density at radius 2 is 2.00 bits per heavy atom. The Bertz CT molecular complexity index is 977. The molecule has 1 saturated carbocycles. The van der Waals surface area contributed by atoms with Gasteiger partial charge in [-0.3, -0.25) is 9.59 Å². The van der Waals surface area contributed by atoms with Crippen LogP contribution in [0.25, 0.3) is 0 Å². The summed E-state index contributed by atoms with van der Waals surface area (Å²) < 4.78 is 5.34. The van der Waals surface area contributed by atoms with Crippen molar-refractivity contribution in [2.45, 2.75) is 53.9 Å². The maximum absolute atomic E-state index is 12.2. The molecule has 0 aromatic heterocycles. The Kier molecular flexibility index (Phi) is 8.29. The second kappa shape index (κ2) is 10.3. The maximum Gasteiger partial charge on any atom is 0.341 e. The number of carboxylic acids is 1. The number of ether oxygens (including phenoxy) is 1.